The number of carboxylic acid groups (broad SMARTS) is 1. The molecule has 0 atom stereocenters. The predicted molar refractivity (Wildman–Crippen MR) is 102 cm³/mol. The zero-order valence-electron chi connectivity index (χ0n) is 13.4. The van der Waals surface area contributed by atoms with Crippen molar-refractivity contribution in [2.75, 3.05) is 0 Å². The van der Waals surface area contributed by atoms with Crippen LogP contribution in [-0.4, -0.2) is 17.3 Å². The van der Waals surface area contributed by atoms with Crippen LogP contribution in [0.4, 0.5) is 0 Å². The minimum absolute atomic E-state index is 0.201. The number of furan rings is 1. The molecule has 2 aromatic carbocycles. The maximum Gasteiger partial charge on any atom is 0.335 e. The number of benzene rings is 2. The Morgan fingerprint density at radius 2 is 1.85 bits per heavy atom. The molecule has 1 heterocycles. The summed E-state index contributed by atoms with van der Waals surface area (Å²) in [5.74, 6) is 0.102. The van der Waals surface area contributed by atoms with Gasteiger partial charge in [-0.1, -0.05) is 41.4 Å². The lowest BCUT2D eigenvalue weighted by molar-refractivity contribution is 0.0697. The Morgan fingerprint density at radius 1 is 1.12 bits per heavy atom. The number of hydrazone groups is 1. The molecular formula is C19H14Cl2N2O3. The number of carboxylic acids is 1. The highest BCUT2D eigenvalue weighted by atomic mass is 35.5. The minimum atomic E-state index is -0.984. The molecule has 1 aromatic heterocycles. The summed E-state index contributed by atoms with van der Waals surface area (Å²) in [5, 5.41) is 14.3. The molecule has 132 valence electrons. The minimum Gasteiger partial charge on any atom is -0.478 e. The maximum atomic E-state index is 11.1. The first-order chi connectivity index (χ1) is 12.5. The van der Waals surface area contributed by atoms with E-state index in [2.05, 4.69) is 10.5 Å². The summed E-state index contributed by atoms with van der Waals surface area (Å²) in [6.45, 7) is 0.378. The van der Waals surface area contributed by atoms with Crippen LogP contribution in [0, 0.1) is 0 Å². The molecule has 0 aliphatic rings. The van der Waals surface area contributed by atoms with Crippen molar-refractivity contribution in [1.82, 2.24) is 5.43 Å². The Bertz CT molecular complexity index is 947. The van der Waals surface area contributed by atoms with Crippen LogP contribution in [0.2, 0.25) is 10.0 Å². The lowest BCUT2D eigenvalue weighted by Gasteiger charge is -2.05. The van der Waals surface area contributed by atoms with Gasteiger partial charge in [0.25, 0.3) is 0 Å². The fourth-order valence-corrected chi connectivity index (χ4v) is 2.85. The second kappa shape index (κ2) is 8.08. The van der Waals surface area contributed by atoms with Crippen LogP contribution < -0.4 is 5.43 Å². The second-order valence-electron chi connectivity index (χ2n) is 5.38. The molecule has 0 radical (unpaired) electrons. The third-order valence-corrected chi connectivity index (χ3v) is 4.33. The van der Waals surface area contributed by atoms with E-state index in [1.807, 2.05) is 0 Å². The Morgan fingerprint density at radius 3 is 2.58 bits per heavy atom. The molecule has 3 rings (SSSR count). The average molecular weight is 389 g/mol. The van der Waals surface area contributed by atoms with Gasteiger partial charge in [-0.3, -0.25) is 0 Å². The van der Waals surface area contributed by atoms with Crippen LogP contribution in [0.1, 0.15) is 21.7 Å². The van der Waals surface area contributed by atoms with Crippen molar-refractivity contribution in [2.45, 2.75) is 6.54 Å². The first-order valence-electron chi connectivity index (χ1n) is 7.67. The smallest absolute Gasteiger partial charge is 0.335 e. The van der Waals surface area contributed by atoms with Gasteiger partial charge in [0.05, 0.1) is 18.3 Å². The van der Waals surface area contributed by atoms with E-state index in [0.29, 0.717) is 33.7 Å². The number of nitrogens with zero attached hydrogens (tertiary/aromatic N) is 1. The van der Waals surface area contributed by atoms with Gasteiger partial charge in [-0.2, -0.15) is 5.10 Å². The van der Waals surface area contributed by atoms with Gasteiger partial charge in [0.2, 0.25) is 0 Å². The summed E-state index contributed by atoms with van der Waals surface area (Å²) in [5.41, 5.74) is 4.51. The van der Waals surface area contributed by atoms with Crippen molar-refractivity contribution in [3.05, 3.63) is 81.5 Å². The topological polar surface area (TPSA) is 74.8 Å². The molecule has 0 amide bonds. The Labute approximate surface area is 159 Å². The van der Waals surface area contributed by atoms with E-state index in [4.69, 9.17) is 32.7 Å². The summed E-state index contributed by atoms with van der Waals surface area (Å²) >= 11 is 12.2. The summed E-state index contributed by atoms with van der Waals surface area (Å²) < 4.78 is 5.67. The number of aromatic carboxylic acids is 1. The average Bonchev–Trinajstić information content (AvgIpc) is 3.10. The quantitative estimate of drug-likeness (QED) is 0.456. The molecule has 0 fully saturated rings. The first-order valence-corrected chi connectivity index (χ1v) is 8.42. The zero-order chi connectivity index (χ0) is 18.5. The van der Waals surface area contributed by atoms with Crippen LogP contribution in [0.25, 0.3) is 11.3 Å². The molecule has 0 unspecified atom stereocenters. The Balaban J connectivity index is 1.66. The molecule has 26 heavy (non-hydrogen) atoms. The monoisotopic (exact) mass is 388 g/mol. The van der Waals surface area contributed by atoms with Crippen LogP contribution in [-0.2, 0) is 6.54 Å². The SMILES string of the molecule is O=C(O)c1cccc(-c2ccc(/C=N\NCc3c(Cl)cccc3Cl)o2)c1. The molecule has 0 bridgehead atoms. The van der Waals surface area contributed by atoms with Gasteiger partial charge in [-0.05, 0) is 36.4 Å². The van der Waals surface area contributed by atoms with Crippen LogP contribution in [0.5, 0.6) is 0 Å². The van der Waals surface area contributed by atoms with Crippen LogP contribution in [0.3, 0.4) is 0 Å². The standard InChI is InChI=1S/C19H14Cl2N2O3/c20-16-5-2-6-17(21)15(16)11-23-22-10-14-7-8-18(26-14)12-3-1-4-13(9-12)19(24)25/h1-10,23H,11H2,(H,24,25)/b22-10-. The number of rotatable bonds is 6. The highest BCUT2D eigenvalue weighted by Gasteiger charge is 2.08. The van der Waals surface area contributed by atoms with E-state index in [0.717, 1.165) is 5.56 Å². The fraction of sp³-hybridized carbons (Fsp3) is 0.0526. The molecule has 5 nitrogen and oxygen atoms in total. The first kappa shape index (κ1) is 18.0. The molecular weight excluding hydrogens is 375 g/mol. The highest BCUT2D eigenvalue weighted by Crippen LogP contribution is 2.24. The van der Waals surface area contributed by atoms with Crippen molar-refractivity contribution < 1.29 is 14.3 Å². The van der Waals surface area contributed by atoms with Crippen molar-refractivity contribution in [3.8, 4) is 11.3 Å². The molecule has 0 aliphatic carbocycles. The highest BCUT2D eigenvalue weighted by molar-refractivity contribution is 6.35. The van der Waals surface area contributed by atoms with E-state index in [1.54, 1.807) is 48.5 Å². The second-order valence-corrected chi connectivity index (χ2v) is 6.20. The van der Waals surface area contributed by atoms with Crippen molar-refractivity contribution in [3.63, 3.8) is 0 Å². The number of hydrogen-bond donors (Lipinski definition) is 2. The van der Waals surface area contributed by atoms with E-state index in [1.165, 1.54) is 12.3 Å². The number of hydrogen-bond acceptors (Lipinski definition) is 4. The van der Waals surface area contributed by atoms with Gasteiger partial charge in [0, 0.05) is 21.2 Å². The third kappa shape index (κ3) is 4.25. The largest absolute Gasteiger partial charge is 0.478 e. The van der Waals surface area contributed by atoms with Gasteiger partial charge in [0.1, 0.15) is 11.5 Å². The third-order valence-electron chi connectivity index (χ3n) is 3.62. The lowest BCUT2D eigenvalue weighted by Crippen LogP contribution is -2.06. The van der Waals surface area contributed by atoms with Crippen molar-refractivity contribution >= 4 is 35.4 Å². The lowest BCUT2D eigenvalue weighted by atomic mass is 10.1. The predicted octanol–water partition coefficient (Wildman–Crippen LogP) is 5.08. The summed E-state index contributed by atoms with van der Waals surface area (Å²) in [7, 11) is 0. The van der Waals surface area contributed by atoms with E-state index >= 15 is 0 Å². The maximum absolute atomic E-state index is 11.1. The number of carbonyl (C=O) groups is 1. The number of halogens is 2. The van der Waals surface area contributed by atoms with Crippen molar-refractivity contribution in [1.29, 1.82) is 0 Å². The van der Waals surface area contributed by atoms with Gasteiger partial charge in [-0.25, -0.2) is 4.79 Å². The Kier molecular flexibility index (Phi) is 5.61. The van der Waals surface area contributed by atoms with Crippen LogP contribution >= 0.6 is 23.2 Å². The zero-order valence-corrected chi connectivity index (χ0v) is 15.0. The molecule has 7 heteroatoms. The van der Waals surface area contributed by atoms with E-state index in [9.17, 15) is 4.79 Å². The van der Waals surface area contributed by atoms with E-state index in [-0.39, 0.29) is 5.56 Å². The molecule has 2 N–H and O–H groups in total. The molecule has 0 spiro atoms. The molecule has 3 aromatic rings. The van der Waals surface area contributed by atoms with Gasteiger partial charge in [0.15, 0.2) is 0 Å². The summed E-state index contributed by atoms with van der Waals surface area (Å²) in [4.78, 5) is 11.1. The summed E-state index contributed by atoms with van der Waals surface area (Å²) in [6, 6.07) is 15.3. The van der Waals surface area contributed by atoms with Crippen LogP contribution in [0.15, 0.2) is 64.1 Å². The molecule has 0 saturated carbocycles. The van der Waals surface area contributed by atoms with Crippen molar-refractivity contribution in [2.24, 2.45) is 5.10 Å². The Hall–Kier alpha value is -2.76. The summed E-state index contributed by atoms with van der Waals surface area (Å²) in [6.07, 6.45) is 1.52. The molecule has 0 saturated heterocycles. The van der Waals surface area contributed by atoms with Gasteiger partial charge >= 0.3 is 5.97 Å². The fourth-order valence-electron chi connectivity index (χ4n) is 2.32. The normalized spacial score (nSPS) is 11.0. The number of nitrogens with one attached hydrogen (secondary N) is 1. The molecule has 0 aliphatic heterocycles. The van der Waals surface area contributed by atoms with Gasteiger partial charge in [-0.15, -0.1) is 0 Å². The van der Waals surface area contributed by atoms with Gasteiger partial charge < -0.3 is 14.9 Å². The van der Waals surface area contributed by atoms with E-state index < -0.39 is 5.97 Å².